The Hall–Kier alpha value is 0.190. The number of rotatable bonds is 5. The van der Waals surface area contributed by atoms with Crippen molar-refractivity contribution >= 4 is 15.9 Å². The van der Waals surface area contributed by atoms with Crippen molar-refractivity contribution in [2.24, 2.45) is 5.92 Å². The summed E-state index contributed by atoms with van der Waals surface area (Å²) in [7, 11) is 0. The molecule has 0 aliphatic carbocycles. The monoisotopic (exact) mass is 317 g/mol. The van der Waals surface area contributed by atoms with E-state index in [1.54, 1.807) is 0 Å². The number of hydrogen-bond acceptors (Lipinski definition) is 2. The third-order valence-corrected chi connectivity index (χ3v) is 4.17. The highest BCUT2D eigenvalue weighted by Crippen LogP contribution is 2.23. The molecule has 0 saturated carbocycles. The minimum absolute atomic E-state index is 0.179. The van der Waals surface area contributed by atoms with Crippen LogP contribution in [0.5, 0.6) is 0 Å². The lowest BCUT2D eigenvalue weighted by Crippen LogP contribution is -2.40. The van der Waals surface area contributed by atoms with Crippen LogP contribution in [0.1, 0.15) is 19.8 Å². The number of nitrogens with zero attached hydrogens (tertiary/aromatic N) is 1. The zero-order chi connectivity index (χ0) is 12.9. The summed E-state index contributed by atoms with van der Waals surface area (Å²) in [5.74, 6) is 0.674. The van der Waals surface area contributed by atoms with E-state index < -0.39 is 12.8 Å². The van der Waals surface area contributed by atoms with Gasteiger partial charge in [-0.2, -0.15) is 13.2 Å². The van der Waals surface area contributed by atoms with Gasteiger partial charge in [-0.25, -0.2) is 0 Å². The van der Waals surface area contributed by atoms with Gasteiger partial charge in [-0.1, -0.05) is 22.9 Å². The molecule has 0 aromatic carbocycles. The fourth-order valence-electron chi connectivity index (χ4n) is 1.87. The van der Waals surface area contributed by atoms with E-state index in [4.69, 9.17) is 0 Å². The maximum absolute atomic E-state index is 11.8. The van der Waals surface area contributed by atoms with E-state index in [-0.39, 0.29) is 6.61 Å². The van der Waals surface area contributed by atoms with Gasteiger partial charge in [0, 0.05) is 24.5 Å². The molecule has 1 aliphatic rings. The lowest BCUT2D eigenvalue weighted by molar-refractivity contribution is -0.174. The minimum atomic E-state index is -4.21. The number of hydrogen-bond donors (Lipinski definition) is 0. The van der Waals surface area contributed by atoms with Crippen LogP contribution >= 0.6 is 15.9 Å². The first-order valence-electron chi connectivity index (χ1n) is 5.89. The molecule has 2 atom stereocenters. The molecule has 102 valence electrons. The number of alkyl halides is 4. The smallest absolute Gasteiger partial charge is 0.372 e. The standard InChI is InChI=1S/C11H19BrF3NO/c1-9-3-5-16(7-10(9)12)4-2-6-17-8-11(13,14)15/h9-10H,2-8H2,1H3. The van der Waals surface area contributed by atoms with Crippen LogP contribution in [0.25, 0.3) is 0 Å². The van der Waals surface area contributed by atoms with E-state index in [0.29, 0.717) is 17.2 Å². The van der Waals surface area contributed by atoms with Gasteiger partial charge in [-0.05, 0) is 25.3 Å². The zero-order valence-electron chi connectivity index (χ0n) is 9.97. The van der Waals surface area contributed by atoms with Crippen molar-refractivity contribution in [3.63, 3.8) is 0 Å². The van der Waals surface area contributed by atoms with Gasteiger partial charge in [0.1, 0.15) is 6.61 Å². The van der Waals surface area contributed by atoms with Gasteiger partial charge in [0.25, 0.3) is 0 Å². The van der Waals surface area contributed by atoms with E-state index in [2.05, 4.69) is 32.5 Å². The average molecular weight is 318 g/mol. The quantitative estimate of drug-likeness (QED) is 0.571. The largest absolute Gasteiger partial charge is 0.411 e. The molecular formula is C11H19BrF3NO. The third-order valence-electron chi connectivity index (χ3n) is 2.98. The summed E-state index contributed by atoms with van der Waals surface area (Å²) in [4.78, 5) is 2.77. The topological polar surface area (TPSA) is 12.5 Å². The van der Waals surface area contributed by atoms with Crippen LogP contribution in [0.2, 0.25) is 0 Å². The van der Waals surface area contributed by atoms with Crippen LogP contribution in [0.4, 0.5) is 13.2 Å². The normalized spacial score (nSPS) is 27.4. The number of piperidine rings is 1. The van der Waals surface area contributed by atoms with Crippen molar-refractivity contribution in [3.8, 4) is 0 Å². The summed E-state index contributed by atoms with van der Waals surface area (Å²) in [5.41, 5.74) is 0. The molecule has 2 unspecified atom stereocenters. The molecular weight excluding hydrogens is 299 g/mol. The van der Waals surface area contributed by atoms with Crippen LogP contribution in [0.3, 0.4) is 0 Å². The third kappa shape index (κ3) is 6.62. The van der Waals surface area contributed by atoms with Crippen LogP contribution in [0, 0.1) is 5.92 Å². The van der Waals surface area contributed by atoms with Crippen molar-refractivity contribution in [1.29, 1.82) is 0 Å². The van der Waals surface area contributed by atoms with E-state index >= 15 is 0 Å². The van der Waals surface area contributed by atoms with Crippen LogP contribution in [0.15, 0.2) is 0 Å². The zero-order valence-corrected chi connectivity index (χ0v) is 11.6. The molecule has 1 saturated heterocycles. The summed E-state index contributed by atoms with van der Waals surface area (Å²) >= 11 is 3.62. The van der Waals surface area contributed by atoms with Gasteiger partial charge in [0.2, 0.25) is 0 Å². The number of likely N-dealkylation sites (tertiary alicyclic amines) is 1. The first-order valence-corrected chi connectivity index (χ1v) is 6.81. The Morgan fingerprint density at radius 3 is 2.71 bits per heavy atom. The molecule has 1 rings (SSSR count). The Bertz CT molecular complexity index is 225. The molecule has 0 N–H and O–H groups in total. The summed E-state index contributed by atoms with van der Waals surface area (Å²) in [6.45, 7) is 4.07. The minimum Gasteiger partial charge on any atom is -0.372 e. The Kier molecular flexibility index (Phi) is 6.23. The Labute approximate surface area is 109 Å². The molecule has 0 spiro atoms. The van der Waals surface area contributed by atoms with Crippen molar-refractivity contribution in [2.45, 2.75) is 30.8 Å². The van der Waals surface area contributed by atoms with Gasteiger partial charge in [-0.15, -0.1) is 0 Å². The van der Waals surface area contributed by atoms with Gasteiger partial charge < -0.3 is 9.64 Å². The molecule has 0 radical (unpaired) electrons. The lowest BCUT2D eigenvalue weighted by atomic mass is 9.99. The fraction of sp³-hybridized carbons (Fsp3) is 1.00. The predicted molar refractivity (Wildman–Crippen MR) is 64.4 cm³/mol. The molecule has 0 bridgehead atoms. The molecule has 6 heteroatoms. The van der Waals surface area contributed by atoms with Crippen molar-refractivity contribution in [3.05, 3.63) is 0 Å². The van der Waals surface area contributed by atoms with Crippen molar-refractivity contribution < 1.29 is 17.9 Å². The number of halogens is 4. The second-order valence-corrected chi connectivity index (χ2v) is 5.78. The van der Waals surface area contributed by atoms with Gasteiger partial charge in [0.15, 0.2) is 0 Å². The first-order chi connectivity index (χ1) is 7.88. The van der Waals surface area contributed by atoms with E-state index in [1.165, 1.54) is 0 Å². The Morgan fingerprint density at radius 2 is 2.12 bits per heavy atom. The summed E-state index contributed by atoms with van der Waals surface area (Å²) in [5, 5.41) is 0. The molecule has 0 aromatic heterocycles. The van der Waals surface area contributed by atoms with Crippen LogP contribution in [-0.4, -0.2) is 48.8 Å². The van der Waals surface area contributed by atoms with E-state index in [1.807, 2.05) is 0 Å². The first kappa shape index (κ1) is 15.2. The molecule has 1 heterocycles. The fourth-order valence-corrected chi connectivity index (χ4v) is 2.54. The van der Waals surface area contributed by atoms with E-state index in [0.717, 1.165) is 26.1 Å². The highest BCUT2D eigenvalue weighted by molar-refractivity contribution is 9.09. The summed E-state index contributed by atoms with van der Waals surface area (Å²) in [6.07, 6.45) is -2.41. The van der Waals surface area contributed by atoms with Crippen molar-refractivity contribution in [1.82, 2.24) is 4.90 Å². The SMILES string of the molecule is CC1CCN(CCCOCC(F)(F)F)CC1Br. The molecule has 0 amide bonds. The molecule has 1 fully saturated rings. The summed E-state index contributed by atoms with van der Waals surface area (Å²) < 4.78 is 39.9. The second kappa shape index (κ2) is 6.95. The highest BCUT2D eigenvalue weighted by Gasteiger charge is 2.27. The molecule has 1 aliphatic heterocycles. The van der Waals surface area contributed by atoms with Crippen LogP contribution in [-0.2, 0) is 4.74 Å². The highest BCUT2D eigenvalue weighted by atomic mass is 79.9. The molecule has 2 nitrogen and oxygen atoms in total. The average Bonchev–Trinajstić information content (AvgIpc) is 2.21. The predicted octanol–water partition coefficient (Wildman–Crippen LogP) is 3.06. The van der Waals surface area contributed by atoms with Gasteiger partial charge >= 0.3 is 6.18 Å². The molecule has 17 heavy (non-hydrogen) atoms. The summed E-state index contributed by atoms with van der Waals surface area (Å²) in [6, 6.07) is 0. The van der Waals surface area contributed by atoms with Gasteiger partial charge in [-0.3, -0.25) is 0 Å². The number of ether oxygens (including phenoxy) is 1. The van der Waals surface area contributed by atoms with Crippen molar-refractivity contribution in [2.75, 3.05) is 32.8 Å². The second-order valence-electron chi connectivity index (χ2n) is 4.60. The Morgan fingerprint density at radius 1 is 1.41 bits per heavy atom. The lowest BCUT2D eigenvalue weighted by Gasteiger charge is -2.34. The maximum Gasteiger partial charge on any atom is 0.411 e. The van der Waals surface area contributed by atoms with Gasteiger partial charge in [0.05, 0.1) is 0 Å². The molecule has 0 aromatic rings. The Balaban J connectivity index is 2.04. The maximum atomic E-state index is 11.8. The van der Waals surface area contributed by atoms with Crippen LogP contribution < -0.4 is 0 Å². The van der Waals surface area contributed by atoms with E-state index in [9.17, 15) is 13.2 Å².